The zero-order valence-corrected chi connectivity index (χ0v) is 22.3. The van der Waals surface area contributed by atoms with Crippen molar-refractivity contribution >= 4 is 40.8 Å². The van der Waals surface area contributed by atoms with Crippen molar-refractivity contribution in [1.82, 2.24) is 0 Å². The highest BCUT2D eigenvalue weighted by Crippen LogP contribution is 2.60. The largest absolute Gasteiger partial charge is 0.497 e. The maximum absolute atomic E-state index is 14.0. The lowest BCUT2D eigenvalue weighted by atomic mass is 9.82. The van der Waals surface area contributed by atoms with E-state index in [-0.39, 0.29) is 30.1 Å². The van der Waals surface area contributed by atoms with Gasteiger partial charge < -0.3 is 19.5 Å². The van der Waals surface area contributed by atoms with E-state index in [9.17, 15) is 9.90 Å². The number of amides is 1. The molecule has 2 heterocycles. The first-order chi connectivity index (χ1) is 15.7. The van der Waals surface area contributed by atoms with E-state index in [1.165, 1.54) is 5.19 Å². The fraction of sp³-hybridized carbons (Fsp3) is 0.423. The third-order valence-electron chi connectivity index (χ3n) is 7.52. The van der Waals surface area contributed by atoms with Crippen molar-refractivity contribution in [2.24, 2.45) is 5.92 Å². The molecule has 1 fully saturated rings. The molecule has 2 aliphatic rings. The number of anilines is 1. The molecule has 7 heteroatoms. The smallest absolute Gasteiger partial charge is 0.264 e. The molecule has 0 unspecified atom stereocenters. The van der Waals surface area contributed by atoms with Crippen molar-refractivity contribution in [3.05, 3.63) is 65.2 Å². The fourth-order valence-corrected chi connectivity index (χ4v) is 10.4. The van der Waals surface area contributed by atoms with Crippen LogP contribution in [0.3, 0.4) is 0 Å². The van der Waals surface area contributed by atoms with E-state index in [0.717, 1.165) is 21.5 Å². The van der Waals surface area contributed by atoms with E-state index in [4.69, 9.17) is 9.47 Å². The Kier molecular flexibility index (Phi) is 6.62. The maximum Gasteiger partial charge on any atom is 0.264 e. The Balaban J connectivity index is 1.84. The zero-order chi connectivity index (χ0) is 24.0. The van der Waals surface area contributed by atoms with Crippen LogP contribution in [0.1, 0.15) is 18.9 Å². The van der Waals surface area contributed by atoms with Gasteiger partial charge in [-0.25, -0.2) is 0 Å². The Labute approximate surface area is 205 Å². The minimum absolute atomic E-state index is 0.0208. The van der Waals surface area contributed by atoms with E-state index in [0.29, 0.717) is 13.0 Å². The summed E-state index contributed by atoms with van der Waals surface area (Å²) >= 11 is 3.60. The number of ether oxygens (including phenoxy) is 2. The van der Waals surface area contributed by atoms with Gasteiger partial charge in [0, 0.05) is 29.1 Å². The molecule has 1 saturated heterocycles. The van der Waals surface area contributed by atoms with Gasteiger partial charge in [0.2, 0.25) is 0 Å². The SMILES string of the molecule is C=CCN1C(=O)[C@]2(O[C@H](CCO)[C@@H]([Si](C)(C)c3ccc(OC)cc3)[C@@H]2C)c2cc(Br)ccc21. The predicted molar refractivity (Wildman–Crippen MR) is 138 cm³/mol. The summed E-state index contributed by atoms with van der Waals surface area (Å²) in [7, 11) is -0.470. The third kappa shape index (κ3) is 3.69. The standard InChI is InChI=1S/C26H32BrNO4Si/c1-6-14-28-22-12-7-18(27)16-21(22)26(25(28)30)17(2)24(23(32-26)13-15-29)33(4,5)20-10-8-19(31-3)9-11-20/h6-12,16-17,23-24,29H,1,13-15H2,2-5H3/t17-,23+,24-,26+/m0/s1. The average molecular weight is 531 g/mol. The van der Waals surface area contributed by atoms with E-state index in [2.05, 4.69) is 54.7 Å². The molecule has 0 aromatic heterocycles. The number of benzene rings is 2. The van der Waals surface area contributed by atoms with Gasteiger partial charge in [-0.3, -0.25) is 4.79 Å². The van der Waals surface area contributed by atoms with Gasteiger partial charge in [0.1, 0.15) is 5.75 Å². The Morgan fingerprint density at radius 3 is 2.58 bits per heavy atom. The van der Waals surface area contributed by atoms with Crippen LogP contribution in [0, 0.1) is 5.92 Å². The second kappa shape index (κ2) is 9.02. The Morgan fingerprint density at radius 1 is 1.27 bits per heavy atom. The number of halogens is 1. The maximum atomic E-state index is 14.0. The van der Waals surface area contributed by atoms with E-state index < -0.39 is 13.7 Å². The molecule has 4 rings (SSSR count). The minimum atomic E-state index is -2.14. The number of rotatable bonds is 7. The lowest BCUT2D eigenvalue weighted by Crippen LogP contribution is -2.51. The molecule has 0 radical (unpaired) electrons. The molecule has 2 aromatic carbocycles. The highest BCUT2D eigenvalue weighted by molar-refractivity contribution is 9.10. The van der Waals surface area contributed by atoms with Crippen molar-refractivity contribution in [1.29, 1.82) is 0 Å². The average Bonchev–Trinajstić information content (AvgIpc) is 3.21. The molecule has 0 aliphatic carbocycles. The van der Waals surface area contributed by atoms with Crippen LogP contribution in [-0.4, -0.2) is 45.5 Å². The monoisotopic (exact) mass is 529 g/mol. The number of aliphatic hydroxyl groups is 1. The van der Waals surface area contributed by atoms with Crippen molar-refractivity contribution in [3.8, 4) is 5.75 Å². The number of carbonyl (C=O) groups is 1. The van der Waals surface area contributed by atoms with Crippen LogP contribution < -0.4 is 14.8 Å². The first-order valence-electron chi connectivity index (χ1n) is 11.4. The molecule has 1 spiro atoms. The van der Waals surface area contributed by atoms with Crippen molar-refractivity contribution in [2.45, 2.75) is 43.7 Å². The number of nitrogens with zero attached hydrogens (tertiary/aromatic N) is 1. The number of fused-ring (bicyclic) bond motifs is 2. The molecule has 33 heavy (non-hydrogen) atoms. The number of methoxy groups -OCH3 is 1. The summed E-state index contributed by atoms with van der Waals surface area (Å²) in [4.78, 5) is 15.8. The first kappa shape index (κ1) is 24.2. The molecule has 4 atom stereocenters. The summed E-state index contributed by atoms with van der Waals surface area (Å²) in [5, 5.41) is 11.2. The molecule has 176 valence electrons. The second-order valence-electron chi connectivity index (χ2n) is 9.53. The lowest BCUT2D eigenvalue weighted by Gasteiger charge is -2.37. The van der Waals surface area contributed by atoms with E-state index >= 15 is 0 Å². The normalized spacial score (nSPS) is 26.7. The number of carbonyl (C=O) groups excluding carboxylic acids is 1. The molecule has 2 aliphatic heterocycles. The second-order valence-corrected chi connectivity index (χ2v) is 15.1. The highest BCUT2D eigenvalue weighted by atomic mass is 79.9. The molecule has 1 amide bonds. The van der Waals surface area contributed by atoms with Gasteiger partial charge in [-0.15, -0.1) is 6.58 Å². The minimum Gasteiger partial charge on any atom is -0.497 e. The molecule has 2 aromatic rings. The van der Waals surface area contributed by atoms with Gasteiger partial charge in [0.25, 0.3) is 5.91 Å². The van der Waals surface area contributed by atoms with Crippen LogP contribution in [0.15, 0.2) is 59.6 Å². The predicted octanol–water partition coefficient (Wildman–Crippen LogP) is 4.59. The molecule has 0 bridgehead atoms. The summed E-state index contributed by atoms with van der Waals surface area (Å²) in [5.41, 5.74) is 0.851. The summed E-state index contributed by atoms with van der Waals surface area (Å²) < 4.78 is 13.1. The van der Waals surface area contributed by atoms with Gasteiger partial charge in [-0.05, 0) is 42.3 Å². The van der Waals surface area contributed by atoms with Crippen LogP contribution in [-0.2, 0) is 15.1 Å². The number of hydrogen-bond donors (Lipinski definition) is 1. The molecule has 5 nitrogen and oxygen atoms in total. The topological polar surface area (TPSA) is 59.0 Å². The Morgan fingerprint density at radius 2 is 1.97 bits per heavy atom. The van der Waals surface area contributed by atoms with Crippen molar-refractivity contribution in [3.63, 3.8) is 0 Å². The zero-order valence-electron chi connectivity index (χ0n) is 19.7. The summed E-state index contributed by atoms with van der Waals surface area (Å²) in [6.07, 6.45) is 2.04. The van der Waals surface area contributed by atoms with Gasteiger partial charge >= 0.3 is 0 Å². The van der Waals surface area contributed by atoms with Crippen LogP contribution in [0.5, 0.6) is 5.75 Å². The van der Waals surface area contributed by atoms with E-state index in [1.807, 2.05) is 30.3 Å². The van der Waals surface area contributed by atoms with Crippen molar-refractivity contribution in [2.75, 3.05) is 25.2 Å². The molecular formula is C26H32BrNO4Si. The van der Waals surface area contributed by atoms with Crippen LogP contribution in [0.25, 0.3) is 0 Å². The van der Waals surface area contributed by atoms with Gasteiger partial charge in [-0.1, -0.05) is 59.3 Å². The summed E-state index contributed by atoms with van der Waals surface area (Å²) in [5.74, 6) is 0.730. The molecule has 0 saturated carbocycles. The van der Waals surface area contributed by atoms with Crippen LogP contribution in [0.2, 0.25) is 18.6 Å². The van der Waals surface area contributed by atoms with Crippen LogP contribution >= 0.6 is 15.9 Å². The molecule has 1 N–H and O–H groups in total. The quantitative estimate of drug-likeness (QED) is 0.421. The number of aliphatic hydroxyl groups excluding tert-OH is 1. The van der Waals surface area contributed by atoms with E-state index in [1.54, 1.807) is 18.1 Å². The van der Waals surface area contributed by atoms with Crippen molar-refractivity contribution < 1.29 is 19.4 Å². The fourth-order valence-electron chi connectivity index (χ4n) is 5.99. The first-order valence-corrected chi connectivity index (χ1v) is 15.3. The summed E-state index contributed by atoms with van der Waals surface area (Å²) in [6, 6.07) is 14.2. The van der Waals surface area contributed by atoms with Gasteiger partial charge in [0.05, 0.1) is 27.0 Å². The Bertz CT molecular complexity index is 1060. The lowest BCUT2D eigenvalue weighted by molar-refractivity contribution is -0.146. The van der Waals surface area contributed by atoms with Crippen LogP contribution in [0.4, 0.5) is 5.69 Å². The van der Waals surface area contributed by atoms with Gasteiger partial charge in [0.15, 0.2) is 5.60 Å². The third-order valence-corrected chi connectivity index (χ3v) is 12.4. The molecular weight excluding hydrogens is 498 g/mol. The highest BCUT2D eigenvalue weighted by Gasteiger charge is 2.66. The Hall–Kier alpha value is -1.93. The van der Waals surface area contributed by atoms with Gasteiger partial charge in [-0.2, -0.15) is 0 Å². The summed E-state index contributed by atoms with van der Waals surface area (Å²) in [6.45, 7) is 11.1. The number of hydrogen-bond acceptors (Lipinski definition) is 4.